The van der Waals surface area contributed by atoms with E-state index in [1.54, 1.807) is 0 Å². The topological polar surface area (TPSA) is 55.1 Å². The Hall–Kier alpha value is -1.35. The zero-order chi connectivity index (χ0) is 13.4. The van der Waals surface area contributed by atoms with Gasteiger partial charge in [-0.05, 0) is 55.6 Å². The van der Waals surface area contributed by atoms with Gasteiger partial charge in [0.15, 0.2) is 0 Å². The molecule has 3 rings (SSSR count). The number of benzene rings is 1. The van der Waals surface area contributed by atoms with Crippen molar-refractivity contribution in [3.05, 3.63) is 35.4 Å². The summed E-state index contributed by atoms with van der Waals surface area (Å²) in [5, 5.41) is 3.48. The standard InChI is InChI=1S/C16H22N2O/c1-10(16(17)19)18-15-13-6-7-14(15)9-12-5-3-2-4-11(12)8-13/h2-5,10,13-15,18H,6-9H2,1H3,(H2,17,19). The van der Waals surface area contributed by atoms with E-state index >= 15 is 0 Å². The van der Waals surface area contributed by atoms with Crippen LogP contribution in [0.5, 0.6) is 0 Å². The van der Waals surface area contributed by atoms with Crippen molar-refractivity contribution in [2.45, 2.75) is 44.7 Å². The minimum absolute atomic E-state index is 0.227. The quantitative estimate of drug-likeness (QED) is 0.866. The molecule has 1 aromatic rings. The van der Waals surface area contributed by atoms with Gasteiger partial charge in [0.25, 0.3) is 0 Å². The molecule has 1 fully saturated rings. The van der Waals surface area contributed by atoms with Gasteiger partial charge in [-0.3, -0.25) is 4.79 Å². The van der Waals surface area contributed by atoms with Gasteiger partial charge in [-0.25, -0.2) is 0 Å². The van der Waals surface area contributed by atoms with Crippen LogP contribution in [-0.2, 0) is 17.6 Å². The first-order valence-electron chi connectivity index (χ1n) is 7.27. The first-order valence-corrected chi connectivity index (χ1v) is 7.27. The van der Waals surface area contributed by atoms with Crippen molar-refractivity contribution in [1.29, 1.82) is 0 Å². The molecule has 0 aromatic heterocycles. The number of carbonyl (C=O) groups excluding carboxylic acids is 1. The zero-order valence-electron chi connectivity index (χ0n) is 11.4. The fraction of sp³-hybridized carbons (Fsp3) is 0.562. The summed E-state index contributed by atoms with van der Waals surface area (Å²) in [5.41, 5.74) is 8.37. The van der Waals surface area contributed by atoms with E-state index in [-0.39, 0.29) is 11.9 Å². The van der Waals surface area contributed by atoms with Crippen LogP contribution in [0.25, 0.3) is 0 Å². The molecule has 3 unspecified atom stereocenters. The van der Waals surface area contributed by atoms with Crippen LogP contribution in [0.15, 0.2) is 24.3 Å². The Labute approximate surface area is 114 Å². The normalized spacial score (nSPS) is 30.5. The second kappa shape index (κ2) is 4.97. The molecule has 3 atom stereocenters. The maximum absolute atomic E-state index is 11.3. The van der Waals surface area contributed by atoms with Gasteiger partial charge in [-0.15, -0.1) is 0 Å². The Bertz CT molecular complexity index is 452. The molecule has 0 radical (unpaired) electrons. The number of primary amides is 1. The first kappa shape index (κ1) is 12.7. The highest BCUT2D eigenvalue weighted by molar-refractivity contribution is 5.79. The smallest absolute Gasteiger partial charge is 0.234 e. The van der Waals surface area contributed by atoms with Crippen molar-refractivity contribution in [2.75, 3.05) is 0 Å². The van der Waals surface area contributed by atoms with E-state index in [0.29, 0.717) is 17.9 Å². The van der Waals surface area contributed by atoms with Crippen molar-refractivity contribution in [3.8, 4) is 0 Å². The number of nitrogens with two attached hydrogens (primary N) is 1. The zero-order valence-corrected chi connectivity index (χ0v) is 11.4. The van der Waals surface area contributed by atoms with Crippen molar-refractivity contribution in [2.24, 2.45) is 17.6 Å². The van der Waals surface area contributed by atoms with Crippen LogP contribution in [0.4, 0.5) is 0 Å². The van der Waals surface area contributed by atoms with E-state index < -0.39 is 0 Å². The van der Waals surface area contributed by atoms with E-state index in [9.17, 15) is 4.79 Å². The molecule has 2 aliphatic carbocycles. The molecular formula is C16H22N2O. The summed E-state index contributed by atoms with van der Waals surface area (Å²) in [5.74, 6) is 1.05. The number of hydrogen-bond acceptors (Lipinski definition) is 2. The Balaban J connectivity index is 1.81. The maximum atomic E-state index is 11.3. The van der Waals surface area contributed by atoms with Crippen molar-refractivity contribution < 1.29 is 4.79 Å². The minimum Gasteiger partial charge on any atom is -0.368 e. The van der Waals surface area contributed by atoms with Crippen molar-refractivity contribution >= 4 is 5.91 Å². The van der Waals surface area contributed by atoms with Crippen LogP contribution in [-0.4, -0.2) is 18.0 Å². The van der Waals surface area contributed by atoms with Crippen LogP contribution < -0.4 is 11.1 Å². The van der Waals surface area contributed by atoms with Gasteiger partial charge in [0, 0.05) is 6.04 Å². The maximum Gasteiger partial charge on any atom is 0.234 e. The average Bonchev–Trinajstić information content (AvgIpc) is 2.65. The predicted octanol–water partition coefficient (Wildman–Crippen LogP) is 1.64. The van der Waals surface area contributed by atoms with E-state index in [1.807, 2.05) is 6.92 Å². The van der Waals surface area contributed by atoms with Gasteiger partial charge < -0.3 is 11.1 Å². The first-order chi connectivity index (χ1) is 9.15. The van der Waals surface area contributed by atoms with Gasteiger partial charge in [0.05, 0.1) is 6.04 Å². The van der Waals surface area contributed by atoms with E-state index in [1.165, 1.54) is 24.0 Å². The predicted molar refractivity (Wildman–Crippen MR) is 75.6 cm³/mol. The number of nitrogens with one attached hydrogen (secondary N) is 1. The third-order valence-corrected chi connectivity index (χ3v) is 4.88. The summed E-state index contributed by atoms with van der Waals surface area (Å²) in [7, 11) is 0. The van der Waals surface area contributed by atoms with E-state index in [4.69, 9.17) is 5.73 Å². The van der Waals surface area contributed by atoms with E-state index in [2.05, 4.69) is 29.6 Å². The number of amides is 1. The molecule has 19 heavy (non-hydrogen) atoms. The van der Waals surface area contributed by atoms with Gasteiger partial charge in [0.1, 0.15) is 0 Å². The molecule has 102 valence electrons. The molecule has 2 bridgehead atoms. The lowest BCUT2D eigenvalue weighted by Crippen LogP contribution is -2.48. The van der Waals surface area contributed by atoms with Gasteiger partial charge >= 0.3 is 0 Å². The molecule has 1 aromatic carbocycles. The monoisotopic (exact) mass is 258 g/mol. The molecule has 0 aliphatic heterocycles. The number of carbonyl (C=O) groups is 1. The molecule has 3 heteroatoms. The Kier molecular flexibility index (Phi) is 3.31. The Morgan fingerprint density at radius 2 is 1.74 bits per heavy atom. The van der Waals surface area contributed by atoms with Gasteiger partial charge in [-0.2, -0.15) is 0 Å². The molecule has 0 spiro atoms. The lowest BCUT2D eigenvalue weighted by Gasteiger charge is -2.26. The van der Waals surface area contributed by atoms with Crippen molar-refractivity contribution in [3.63, 3.8) is 0 Å². The fourth-order valence-corrected chi connectivity index (χ4v) is 3.79. The van der Waals surface area contributed by atoms with Gasteiger partial charge in [-0.1, -0.05) is 24.3 Å². The number of hydrogen-bond donors (Lipinski definition) is 2. The number of fused-ring (bicyclic) bond motifs is 3. The second-order valence-corrected chi connectivity index (χ2v) is 6.09. The highest BCUT2D eigenvalue weighted by Gasteiger charge is 2.39. The van der Waals surface area contributed by atoms with Gasteiger partial charge in [0.2, 0.25) is 5.91 Å². The highest BCUT2D eigenvalue weighted by atomic mass is 16.1. The average molecular weight is 258 g/mol. The molecule has 0 saturated heterocycles. The highest BCUT2D eigenvalue weighted by Crippen LogP contribution is 2.40. The summed E-state index contributed by atoms with van der Waals surface area (Å²) in [6.45, 7) is 1.87. The molecule has 0 heterocycles. The summed E-state index contributed by atoms with van der Waals surface area (Å²) < 4.78 is 0. The van der Waals surface area contributed by atoms with Crippen molar-refractivity contribution in [1.82, 2.24) is 5.32 Å². The summed E-state index contributed by atoms with van der Waals surface area (Å²) in [4.78, 5) is 11.3. The SMILES string of the molecule is CC(NC1C2CCC1Cc1ccccc1C2)C(N)=O. The summed E-state index contributed by atoms with van der Waals surface area (Å²) in [6, 6.07) is 8.98. The molecule has 1 amide bonds. The third-order valence-electron chi connectivity index (χ3n) is 4.88. The molecular weight excluding hydrogens is 236 g/mol. The third kappa shape index (κ3) is 2.39. The molecule has 3 nitrogen and oxygen atoms in total. The summed E-state index contributed by atoms with van der Waals surface area (Å²) >= 11 is 0. The van der Waals surface area contributed by atoms with Crippen LogP contribution >= 0.6 is 0 Å². The summed E-state index contributed by atoms with van der Waals surface area (Å²) in [6.07, 6.45) is 4.80. The van der Waals surface area contributed by atoms with Crippen LogP contribution in [0.1, 0.15) is 30.9 Å². The largest absolute Gasteiger partial charge is 0.368 e. The Morgan fingerprint density at radius 1 is 1.21 bits per heavy atom. The molecule has 2 aliphatic rings. The Morgan fingerprint density at radius 3 is 2.21 bits per heavy atom. The van der Waals surface area contributed by atoms with Crippen LogP contribution in [0, 0.1) is 11.8 Å². The lowest BCUT2D eigenvalue weighted by atomic mass is 9.94. The molecule has 1 saturated carbocycles. The lowest BCUT2D eigenvalue weighted by molar-refractivity contribution is -0.119. The van der Waals surface area contributed by atoms with E-state index in [0.717, 1.165) is 12.8 Å². The fourth-order valence-electron chi connectivity index (χ4n) is 3.79. The van der Waals surface area contributed by atoms with Crippen LogP contribution in [0.2, 0.25) is 0 Å². The second-order valence-electron chi connectivity index (χ2n) is 6.09. The minimum atomic E-state index is -0.249. The van der Waals surface area contributed by atoms with Crippen LogP contribution in [0.3, 0.4) is 0 Å². The number of rotatable bonds is 3. The molecule has 3 N–H and O–H groups in total.